The van der Waals surface area contributed by atoms with Gasteiger partial charge in [-0.05, 0) is 41.5 Å². The summed E-state index contributed by atoms with van der Waals surface area (Å²) in [5.74, 6) is -0.0180. The highest BCUT2D eigenvalue weighted by Gasteiger charge is 2.12. The smallest absolute Gasteiger partial charge is 0.228 e. The van der Waals surface area contributed by atoms with E-state index in [0.29, 0.717) is 6.42 Å². The maximum atomic E-state index is 12.5. The lowest BCUT2D eigenvalue weighted by molar-refractivity contribution is -0.115. The maximum absolute atomic E-state index is 12.5. The van der Waals surface area contributed by atoms with Gasteiger partial charge in [0.1, 0.15) is 0 Å². The molecule has 0 bridgehead atoms. The van der Waals surface area contributed by atoms with Crippen molar-refractivity contribution in [2.75, 3.05) is 5.32 Å². The van der Waals surface area contributed by atoms with Crippen molar-refractivity contribution in [2.45, 2.75) is 13.0 Å². The number of benzene rings is 3. The first-order valence-electron chi connectivity index (χ1n) is 8.85. The van der Waals surface area contributed by atoms with Crippen molar-refractivity contribution < 1.29 is 4.79 Å². The van der Waals surface area contributed by atoms with Gasteiger partial charge in [0.05, 0.1) is 6.42 Å². The molecule has 3 aromatic carbocycles. The average Bonchev–Trinajstić information content (AvgIpc) is 3.02. The Kier molecular flexibility index (Phi) is 4.95. The van der Waals surface area contributed by atoms with Crippen LogP contribution in [0, 0.1) is 0 Å². The molecule has 0 saturated heterocycles. The summed E-state index contributed by atoms with van der Waals surface area (Å²) in [6, 6.07) is 25.6. The standard InChI is InChI=1S/C23H19ClN2O/c24-19-12-10-17(11-13-19)15-26-16-18(21-8-4-5-9-22(21)26)14-23(27)25-20-6-2-1-3-7-20/h1-13,16H,14-15H2,(H,25,27). The van der Waals surface area contributed by atoms with Crippen LogP contribution in [0.2, 0.25) is 5.02 Å². The molecule has 1 N–H and O–H groups in total. The summed E-state index contributed by atoms with van der Waals surface area (Å²) < 4.78 is 2.18. The topological polar surface area (TPSA) is 34.0 Å². The van der Waals surface area contributed by atoms with Crippen LogP contribution < -0.4 is 5.32 Å². The van der Waals surface area contributed by atoms with Crippen molar-refractivity contribution in [3.63, 3.8) is 0 Å². The van der Waals surface area contributed by atoms with Crippen molar-refractivity contribution in [3.05, 3.63) is 101 Å². The molecule has 0 spiro atoms. The van der Waals surface area contributed by atoms with Gasteiger partial charge < -0.3 is 9.88 Å². The molecule has 4 rings (SSSR count). The molecule has 0 radical (unpaired) electrons. The van der Waals surface area contributed by atoms with Gasteiger partial charge in [-0.1, -0.05) is 60.1 Å². The van der Waals surface area contributed by atoms with E-state index >= 15 is 0 Å². The first-order valence-corrected chi connectivity index (χ1v) is 9.23. The van der Waals surface area contributed by atoms with Crippen LogP contribution in [0.1, 0.15) is 11.1 Å². The van der Waals surface area contributed by atoms with Gasteiger partial charge in [-0.15, -0.1) is 0 Å². The van der Waals surface area contributed by atoms with Gasteiger partial charge in [-0.2, -0.15) is 0 Å². The zero-order valence-corrected chi connectivity index (χ0v) is 15.5. The molecule has 0 unspecified atom stereocenters. The molecule has 27 heavy (non-hydrogen) atoms. The van der Waals surface area contributed by atoms with Gasteiger partial charge in [0, 0.05) is 34.4 Å². The fourth-order valence-corrected chi connectivity index (χ4v) is 3.41. The second-order valence-electron chi connectivity index (χ2n) is 6.52. The van der Waals surface area contributed by atoms with Crippen molar-refractivity contribution in [1.29, 1.82) is 0 Å². The fourth-order valence-electron chi connectivity index (χ4n) is 3.28. The quantitative estimate of drug-likeness (QED) is 0.490. The number of rotatable bonds is 5. The Labute approximate surface area is 163 Å². The molecule has 0 fully saturated rings. The van der Waals surface area contributed by atoms with Crippen LogP contribution in [0.4, 0.5) is 5.69 Å². The monoisotopic (exact) mass is 374 g/mol. The fraction of sp³-hybridized carbons (Fsp3) is 0.0870. The molecule has 1 amide bonds. The lowest BCUT2D eigenvalue weighted by Crippen LogP contribution is -2.14. The zero-order chi connectivity index (χ0) is 18.6. The summed E-state index contributed by atoms with van der Waals surface area (Å²) in [5.41, 5.74) is 4.12. The minimum absolute atomic E-state index is 0.0180. The summed E-state index contributed by atoms with van der Waals surface area (Å²) in [5, 5.41) is 4.79. The Bertz CT molecular complexity index is 1070. The van der Waals surface area contributed by atoms with E-state index in [-0.39, 0.29) is 5.91 Å². The van der Waals surface area contributed by atoms with Gasteiger partial charge in [-0.25, -0.2) is 0 Å². The largest absolute Gasteiger partial charge is 0.343 e. The van der Waals surface area contributed by atoms with Crippen LogP contribution in [0.15, 0.2) is 85.1 Å². The molecular weight excluding hydrogens is 356 g/mol. The van der Waals surface area contributed by atoms with Crippen LogP contribution in [0.25, 0.3) is 10.9 Å². The average molecular weight is 375 g/mol. The third-order valence-electron chi connectivity index (χ3n) is 4.55. The highest BCUT2D eigenvalue weighted by molar-refractivity contribution is 6.30. The molecule has 0 atom stereocenters. The number of halogens is 1. The van der Waals surface area contributed by atoms with Crippen molar-refractivity contribution >= 4 is 34.1 Å². The van der Waals surface area contributed by atoms with Crippen LogP contribution in [-0.4, -0.2) is 10.5 Å². The molecule has 134 valence electrons. The minimum Gasteiger partial charge on any atom is -0.343 e. The maximum Gasteiger partial charge on any atom is 0.228 e. The van der Waals surface area contributed by atoms with Gasteiger partial charge in [-0.3, -0.25) is 4.79 Å². The zero-order valence-electron chi connectivity index (χ0n) is 14.7. The number of para-hydroxylation sites is 2. The number of aromatic nitrogens is 1. The Hall–Kier alpha value is -3.04. The summed E-state index contributed by atoms with van der Waals surface area (Å²) in [6.45, 7) is 0.734. The summed E-state index contributed by atoms with van der Waals surface area (Å²) in [7, 11) is 0. The van der Waals surface area contributed by atoms with Crippen molar-refractivity contribution in [3.8, 4) is 0 Å². The molecule has 0 aliphatic rings. The van der Waals surface area contributed by atoms with E-state index in [0.717, 1.165) is 33.7 Å². The molecule has 4 aromatic rings. The third kappa shape index (κ3) is 4.04. The third-order valence-corrected chi connectivity index (χ3v) is 4.80. The van der Waals surface area contributed by atoms with Crippen LogP contribution in [0.3, 0.4) is 0 Å². The summed E-state index contributed by atoms with van der Waals surface area (Å²) >= 11 is 5.99. The van der Waals surface area contributed by atoms with E-state index in [1.165, 1.54) is 5.56 Å². The molecule has 0 aliphatic carbocycles. The predicted octanol–water partition coefficient (Wildman–Crippen LogP) is 5.52. The van der Waals surface area contributed by atoms with Crippen molar-refractivity contribution in [1.82, 2.24) is 4.57 Å². The van der Waals surface area contributed by atoms with Gasteiger partial charge in [0.15, 0.2) is 0 Å². The first-order chi connectivity index (χ1) is 13.2. The van der Waals surface area contributed by atoms with Crippen LogP contribution in [-0.2, 0) is 17.8 Å². The normalized spacial score (nSPS) is 10.9. The van der Waals surface area contributed by atoms with E-state index in [1.54, 1.807) is 0 Å². The Morgan fingerprint density at radius 1 is 0.889 bits per heavy atom. The number of carbonyl (C=O) groups excluding carboxylic acids is 1. The SMILES string of the molecule is O=C(Cc1cn(Cc2ccc(Cl)cc2)c2ccccc12)Nc1ccccc1. The Morgan fingerprint density at radius 3 is 2.37 bits per heavy atom. The highest BCUT2D eigenvalue weighted by atomic mass is 35.5. The van der Waals surface area contributed by atoms with Gasteiger partial charge >= 0.3 is 0 Å². The summed E-state index contributed by atoms with van der Waals surface area (Å²) in [6.07, 6.45) is 2.41. The molecule has 1 heterocycles. The van der Waals surface area contributed by atoms with E-state index in [9.17, 15) is 4.79 Å². The summed E-state index contributed by atoms with van der Waals surface area (Å²) in [4.78, 5) is 12.5. The number of nitrogens with one attached hydrogen (secondary N) is 1. The minimum atomic E-state index is -0.0180. The Morgan fingerprint density at radius 2 is 1.59 bits per heavy atom. The second-order valence-corrected chi connectivity index (χ2v) is 6.95. The lowest BCUT2D eigenvalue weighted by atomic mass is 10.1. The first kappa shape index (κ1) is 17.4. The molecule has 3 nitrogen and oxygen atoms in total. The molecule has 0 aliphatic heterocycles. The second kappa shape index (κ2) is 7.68. The number of anilines is 1. The number of hydrogen-bond acceptors (Lipinski definition) is 1. The van der Waals surface area contributed by atoms with Gasteiger partial charge in [0.2, 0.25) is 5.91 Å². The van der Waals surface area contributed by atoms with E-state index in [4.69, 9.17) is 11.6 Å². The molecular formula is C23H19ClN2O. The molecule has 1 aromatic heterocycles. The van der Waals surface area contributed by atoms with Crippen LogP contribution >= 0.6 is 11.6 Å². The van der Waals surface area contributed by atoms with Gasteiger partial charge in [0.25, 0.3) is 0 Å². The van der Waals surface area contributed by atoms with E-state index < -0.39 is 0 Å². The number of carbonyl (C=O) groups is 1. The highest BCUT2D eigenvalue weighted by Crippen LogP contribution is 2.23. The number of amides is 1. The Balaban J connectivity index is 1.59. The molecule has 4 heteroatoms. The van der Waals surface area contributed by atoms with Crippen molar-refractivity contribution in [2.24, 2.45) is 0 Å². The van der Waals surface area contributed by atoms with Crippen LogP contribution in [0.5, 0.6) is 0 Å². The predicted molar refractivity (Wildman–Crippen MR) is 111 cm³/mol. The van der Waals surface area contributed by atoms with E-state index in [2.05, 4.69) is 28.2 Å². The number of nitrogens with zero attached hydrogens (tertiary/aromatic N) is 1. The number of fused-ring (bicyclic) bond motifs is 1. The van der Waals surface area contributed by atoms with E-state index in [1.807, 2.05) is 66.7 Å². The molecule has 0 saturated carbocycles. The lowest BCUT2D eigenvalue weighted by Gasteiger charge is -2.05. The number of hydrogen-bond donors (Lipinski definition) is 1.